The fraction of sp³-hybridized carbons (Fsp3) is 0.350. The Hall–Kier alpha value is -2.01. The van der Waals surface area contributed by atoms with E-state index < -0.39 is 6.10 Å². The van der Waals surface area contributed by atoms with Crippen molar-refractivity contribution in [1.82, 2.24) is 5.32 Å². The van der Waals surface area contributed by atoms with Gasteiger partial charge in [-0.05, 0) is 42.7 Å². The van der Waals surface area contributed by atoms with E-state index in [9.17, 15) is 9.18 Å². The van der Waals surface area contributed by atoms with E-state index in [1.54, 1.807) is 23.9 Å². The van der Waals surface area contributed by atoms with Gasteiger partial charge in [0.2, 0.25) is 0 Å². The molecule has 1 amide bonds. The first-order valence-corrected chi connectivity index (χ1v) is 9.57. The van der Waals surface area contributed by atoms with E-state index in [2.05, 4.69) is 5.32 Å². The maximum atomic E-state index is 13.5. The molecule has 134 valence electrons. The third kappa shape index (κ3) is 6.42. The average Bonchev–Trinajstić information content (AvgIpc) is 2.60. The van der Waals surface area contributed by atoms with E-state index in [0.717, 1.165) is 11.3 Å². The largest absolute Gasteiger partial charge is 0.481 e. The molecule has 0 radical (unpaired) electrons. The summed E-state index contributed by atoms with van der Waals surface area (Å²) in [6, 6.07) is 14.4. The Morgan fingerprint density at radius 3 is 2.76 bits per heavy atom. The summed E-state index contributed by atoms with van der Waals surface area (Å²) in [7, 11) is 0. The smallest absolute Gasteiger partial charge is 0.261 e. The summed E-state index contributed by atoms with van der Waals surface area (Å²) in [5.74, 6) is 1.73. The van der Waals surface area contributed by atoms with Crippen molar-refractivity contribution in [2.45, 2.75) is 32.1 Å². The molecule has 25 heavy (non-hydrogen) atoms. The van der Waals surface area contributed by atoms with E-state index >= 15 is 0 Å². The highest BCUT2D eigenvalue weighted by molar-refractivity contribution is 7.98. The first-order valence-electron chi connectivity index (χ1n) is 8.42. The van der Waals surface area contributed by atoms with Gasteiger partial charge in [0.1, 0.15) is 11.6 Å². The number of thioether (sulfide) groups is 1. The predicted molar refractivity (Wildman–Crippen MR) is 101 cm³/mol. The van der Waals surface area contributed by atoms with Crippen molar-refractivity contribution in [3.05, 3.63) is 65.5 Å². The van der Waals surface area contributed by atoms with E-state index in [1.165, 1.54) is 6.07 Å². The van der Waals surface area contributed by atoms with Crippen LogP contribution < -0.4 is 10.1 Å². The van der Waals surface area contributed by atoms with Crippen molar-refractivity contribution in [2.75, 3.05) is 12.3 Å². The Bertz CT molecular complexity index is 693. The number of hydrogen-bond acceptors (Lipinski definition) is 3. The van der Waals surface area contributed by atoms with Crippen molar-refractivity contribution in [1.29, 1.82) is 0 Å². The number of ether oxygens (including phenoxy) is 1. The number of amides is 1. The molecule has 1 unspecified atom stereocenters. The molecule has 2 aromatic carbocycles. The van der Waals surface area contributed by atoms with Gasteiger partial charge in [-0.1, -0.05) is 37.3 Å². The highest BCUT2D eigenvalue weighted by Crippen LogP contribution is 2.16. The third-order valence-electron chi connectivity index (χ3n) is 3.69. The van der Waals surface area contributed by atoms with Crippen LogP contribution in [0.1, 0.15) is 24.5 Å². The summed E-state index contributed by atoms with van der Waals surface area (Å²) in [6.45, 7) is 4.44. The zero-order valence-electron chi connectivity index (χ0n) is 14.6. The highest BCUT2D eigenvalue weighted by Gasteiger charge is 2.17. The predicted octanol–water partition coefficient (Wildman–Crippen LogP) is 4.34. The van der Waals surface area contributed by atoms with Crippen LogP contribution in [0, 0.1) is 12.7 Å². The van der Waals surface area contributed by atoms with Gasteiger partial charge in [-0.25, -0.2) is 4.39 Å². The molecule has 0 fully saturated rings. The van der Waals surface area contributed by atoms with Crippen LogP contribution in [0.5, 0.6) is 5.75 Å². The van der Waals surface area contributed by atoms with Crippen LogP contribution in [0.25, 0.3) is 0 Å². The van der Waals surface area contributed by atoms with Gasteiger partial charge in [0.25, 0.3) is 5.91 Å². The number of carbonyl (C=O) groups excluding carboxylic acids is 1. The molecule has 0 aliphatic rings. The topological polar surface area (TPSA) is 38.3 Å². The lowest BCUT2D eigenvalue weighted by Crippen LogP contribution is -2.39. The fourth-order valence-electron chi connectivity index (χ4n) is 2.33. The van der Waals surface area contributed by atoms with Gasteiger partial charge >= 0.3 is 0 Å². The second-order valence-corrected chi connectivity index (χ2v) is 6.87. The first kappa shape index (κ1) is 19.3. The standard InChI is InChI=1S/C20H24FNO2S/c1-3-19(24-17-9-6-7-15(2)13-17)20(23)22-11-12-25-14-16-8-4-5-10-18(16)21/h4-10,13,19H,3,11-12,14H2,1-2H3,(H,22,23). The van der Waals surface area contributed by atoms with Crippen molar-refractivity contribution in [3.8, 4) is 5.75 Å². The Labute approximate surface area is 153 Å². The molecular formula is C20H24FNO2S. The minimum atomic E-state index is -0.502. The van der Waals surface area contributed by atoms with E-state index in [0.29, 0.717) is 30.0 Å². The number of halogens is 1. The van der Waals surface area contributed by atoms with Crippen LogP contribution in [-0.2, 0) is 10.5 Å². The molecule has 0 saturated heterocycles. The van der Waals surface area contributed by atoms with Gasteiger partial charge in [0, 0.05) is 18.1 Å². The van der Waals surface area contributed by atoms with Crippen LogP contribution >= 0.6 is 11.8 Å². The summed E-state index contributed by atoms with van der Waals surface area (Å²) < 4.78 is 19.3. The van der Waals surface area contributed by atoms with E-state index in [4.69, 9.17) is 4.74 Å². The Kier molecular flexibility index (Phi) is 7.79. The van der Waals surface area contributed by atoms with Gasteiger partial charge in [-0.15, -0.1) is 0 Å². The first-order chi connectivity index (χ1) is 12.1. The Morgan fingerprint density at radius 1 is 1.24 bits per heavy atom. The lowest BCUT2D eigenvalue weighted by atomic mass is 10.2. The van der Waals surface area contributed by atoms with Gasteiger partial charge in [-0.2, -0.15) is 11.8 Å². The van der Waals surface area contributed by atoms with Gasteiger partial charge in [-0.3, -0.25) is 4.79 Å². The zero-order chi connectivity index (χ0) is 18.1. The second kappa shape index (κ2) is 10.1. The molecule has 0 aromatic heterocycles. The molecule has 3 nitrogen and oxygen atoms in total. The van der Waals surface area contributed by atoms with Crippen LogP contribution in [0.4, 0.5) is 4.39 Å². The van der Waals surface area contributed by atoms with E-state index in [1.807, 2.05) is 44.2 Å². The minimum Gasteiger partial charge on any atom is -0.481 e. The molecule has 5 heteroatoms. The number of hydrogen-bond donors (Lipinski definition) is 1. The number of benzene rings is 2. The average molecular weight is 361 g/mol. The molecule has 1 N–H and O–H groups in total. The number of carbonyl (C=O) groups is 1. The summed E-state index contributed by atoms with van der Waals surface area (Å²) in [4.78, 5) is 12.2. The summed E-state index contributed by atoms with van der Waals surface area (Å²) >= 11 is 1.59. The molecule has 0 saturated carbocycles. The molecule has 0 spiro atoms. The molecule has 2 aromatic rings. The van der Waals surface area contributed by atoms with Crippen molar-refractivity contribution >= 4 is 17.7 Å². The maximum absolute atomic E-state index is 13.5. The molecule has 2 rings (SSSR count). The van der Waals surface area contributed by atoms with Crippen molar-refractivity contribution in [2.24, 2.45) is 0 Å². The lowest BCUT2D eigenvalue weighted by Gasteiger charge is -2.17. The number of rotatable bonds is 9. The quantitative estimate of drug-likeness (QED) is 0.675. The Morgan fingerprint density at radius 2 is 2.04 bits per heavy atom. The van der Waals surface area contributed by atoms with Crippen LogP contribution in [0.2, 0.25) is 0 Å². The van der Waals surface area contributed by atoms with Crippen molar-refractivity contribution in [3.63, 3.8) is 0 Å². The maximum Gasteiger partial charge on any atom is 0.261 e. The molecule has 1 atom stereocenters. The summed E-state index contributed by atoms with van der Waals surface area (Å²) in [5, 5.41) is 2.89. The minimum absolute atomic E-state index is 0.115. The lowest BCUT2D eigenvalue weighted by molar-refractivity contribution is -0.127. The highest BCUT2D eigenvalue weighted by atomic mass is 32.2. The van der Waals surface area contributed by atoms with Crippen molar-refractivity contribution < 1.29 is 13.9 Å². The fourth-order valence-corrected chi connectivity index (χ4v) is 3.18. The molecular weight excluding hydrogens is 337 g/mol. The molecule has 0 aliphatic carbocycles. The zero-order valence-corrected chi connectivity index (χ0v) is 15.4. The monoisotopic (exact) mass is 361 g/mol. The SMILES string of the molecule is CCC(Oc1cccc(C)c1)C(=O)NCCSCc1ccccc1F. The van der Waals surface area contributed by atoms with Crippen LogP contribution in [0.3, 0.4) is 0 Å². The molecule has 0 heterocycles. The van der Waals surface area contributed by atoms with Gasteiger partial charge in [0.15, 0.2) is 6.10 Å². The second-order valence-electron chi connectivity index (χ2n) is 5.77. The molecule has 0 aliphatic heterocycles. The third-order valence-corrected chi connectivity index (χ3v) is 4.70. The Balaban J connectivity index is 1.72. The number of aryl methyl sites for hydroxylation is 1. The van der Waals surface area contributed by atoms with E-state index in [-0.39, 0.29) is 11.7 Å². The van der Waals surface area contributed by atoms with Crippen LogP contribution in [0.15, 0.2) is 48.5 Å². The van der Waals surface area contributed by atoms with Gasteiger partial charge in [0.05, 0.1) is 0 Å². The molecule has 0 bridgehead atoms. The van der Waals surface area contributed by atoms with Gasteiger partial charge < -0.3 is 10.1 Å². The number of nitrogens with one attached hydrogen (secondary N) is 1. The summed E-state index contributed by atoms with van der Waals surface area (Å²) in [5.41, 5.74) is 1.78. The van der Waals surface area contributed by atoms with Crippen LogP contribution in [-0.4, -0.2) is 24.3 Å². The normalized spacial score (nSPS) is 11.8. The summed E-state index contributed by atoms with van der Waals surface area (Å²) in [6.07, 6.45) is 0.0978.